The van der Waals surface area contributed by atoms with Crippen molar-refractivity contribution in [3.8, 4) is 0 Å². The largest absolute Gasteiger partial charge is 0.455 e. The molecule has 3 aliphatic carbocycles. The number of hydrogen-bond donors (Lipinski definition) is 4. The zero-order valence-electron chi connectivity index (χ0n) is 24.2. The number of hydrogen-bond acceptors (Lipinski definition) is 11. The van der Waals surface area contributed by atoms with Crippen molar-refractivity contribution >= 4 is 24.0 Å². The van der Waals surface area contributed by atoms with Crippen LogP contribution in [0.4, 0.5) is 0 Å². The molecule has 1 aromatic rings. The second-order valence-corrected chi connectivity index (χ2v) is 13.2. The number of fused-ring (bicyclic) bond motifs is 5. The van der Waals surface area contributed by atoms with E-state index in [1.165, 1.54) is 6.92 Å². The van der Waals surface area contributed by atoms with E-state index in [9.17, 15) is 30.0 Å². The first-order valence-electron chi connectivity index (χ1n) is 13.9. The van der Waals surface area contributed by atoms with Crippen LogP contribution < -0.4 is 0 Å². The summed E-state index contributed by atoms with van der Waals surface area (Å²) in [4.78, 5) is 26.3. The van der Waals surface area contributed by atoms with Crippen LogP contribution in [0.5, 0.6) is 0 Å². The number of aliphatic hydroxyl groups excluding tert-OH is 3. The van der Waals surface area contributed by atoms with Crippen LogP contribution in [0, 0.1) is 16.7 Å². The van der Waals surface area contributed by atoms with Crippen molar-refractivity contribution in [1.29, 1.82) is 0 Å². The summed E-state index contributed by atoms with van der Waals surface area (Å²) in [6, 6.07) is 8.30. The predicted octanol–water partition coefficient (Wildman–Crippen LogP) is 2.18. The van der Waals surface area contributed by atoms with E-state index in [2.05, 4.69) is 0 Å². The number of esters is 2. The molecule has 1 heterocycles. The third kappa shape index (κ3) is 4.22. The second-order valence-electron chi connectivity index (χ2n) is 12.6. The first kappa shape index (κ1) is 30.5. The second kappa shape index (κ2) is 10.3. The van der Waals surface area contributed by atoms with E-state index in [1.54, 1.807) is 64.3 Å². The molecular formula is C30H40O10S. The van der Waals surface area contributed by atoms with Gasteiger partial charge in [0.15, 0.2) is 5.60 Å². The molecule has 0 radical (unpaired) electrons. The zero-order valence-corrected chi connectivity index (χ0v) is 25.0. The van der Waals surface area contributed by atoms with E-state index < -0.39 is 76.5 Å². The van der Waals surface area contributed by atoms with Gasteiger partial charge in [-0.05, 0) is 42.2 Å². The number of carbonyl (C=O) groups excluding carboxylic acids is 2. The Morgan fingerprint density at radius 2 is 1.76 bits per heavy atom. The number of ether oxygens (including phenoxy) is 3. The van der Waals surface area contributed by atoms with Crippen LogP contribution >= 0.6 is 12.0 Å². The van der Waals surface area contributed by atoms with Gasteiger partial charge in [0.2, 0.25) is 0 Å². The smallest absolute Gasteiger partial charge is 0.338 e. The van der Waals surface area contributed by atoms with Crippen LogP contribution in [0.2, 0.25) is 0 Å². The molecule has 2 saturated carbocycles. The fraction of sp³-hybridized carbons (Fsp3) is 0.667. The van der Waals surface area contributed by atoms with Crippen molar-refractivity contribution in [2.45, 2.75) is 95.3 Å². The molecule has 0 aromatic heterocycles. The van der Waals surface area contributed by atoms with Gasteiger partial charge < -0.3 is 38.8 Å². The molecule has 3 fully saturated rings. The van der Waals surface area contributed by atoms with Gasteiger partial charge >= 0.3 is 11.9 Å². The van der Waals surface area contributed by atoms with Crippen LogP contribution in [0.1, 0.15) is 57.8 Å². The quantitative estimate of drug-likeness (QED) is 0.226. The lowest BCUT2D eigenvalue weighted by atomic mass is 9.44. The Balaban J connectivity index is 1.81. The molecular weight excluding hydrogens is 552 g/mol. The summed E-state index contributed by atoms with van der Waals surface area (Å²) >= 11 is 1.09. The Hall–Kier alpha value is -1.99. The first-order valence-corrected chi connectivity index (χ1v) is 15.1. The van der Waals surface area contributed by atoms with Crippen LogP contribution in [-0.4, -0.2) is 93.1 Å². The SMILES string of the molecule is CSO[C@H]1CC2(O)[C@@H](OC(=O)c3ccccc3)[C@H]3C(C)(C(O)CC4OC[C@]43OC(C)=O)[C@@H](O)[C@@H](O)C(=C1C)C2(C)C. The summed E-state index contributed by atoms with van der Waals surface area (Å²) in [5.74, 6) is -2.54. The Bertz CT molecular complexity index is 1230. The standard InChI is InChI=1S/C30H40O10S/c1-15-18(40-41-6)13-30(36)25(38-26(35)17-10-8-7-9-11-17)23-28(5,24(34)22(33)21(15)27(30,3)4)19(32)12-20-29(23,14-37-20)39-16(2)31/h7-11,18-20,22-25,32-34,36H,12-14H2,1-6H3/t18-,19?,20?,22-,23-,24-,25-,28?,29-,30?/m0/s1. The monoisotopic (exact) mass is 592 g/mol. The molecule has 10 nitrogen and oxygen atoms in total. The molecule has 1 aliphatic heterocycles. The zero-order chi connectivity index (χ0) is 30.1. The lowest BCUT2D eigenvalue weighted by molar-refractivity contribution is -0.364. The van der Waals surface area contributed by atoms with Crippen LogP contribution in [0.3, 0.4) is 0 Å². The van der Waals surface area contributed by atoms with Gasteiger partial charge in [-0.15, -0.1) is 0 Å². The van der Waals surface area contributed by atoms with Gasteiger partial charge in [-0.3, -0.25) is 4.79 Å². The highest BCUT2D eigenvalue weighted by Gasteiger charge is 2.77. The molecule has 4 unspecified atom stereocenters. The number of rotatable bonds is 5. The van der Waals surface area contributed by atoms with E-state index in [0.717, 1.165) is 12.0 Å². The molecule has 1 saturated heterocycles. The summed E-state index contributed by atoms with van der Waals surface area (Å²) in [5, 5.41) is 48.5. The average Bonchev–Trinajstić information content (AvgIpc) is 2.91. The fourth-order valence-electron chi connectivity index (χ4n) is 8.09. The fourth-order valence-corrected chi connectivity index (χ4v) is 8.53. The van der Waals surface area contributed by atoms with Crippen LogP contribution in [0.25, 0.3) is 0 Å². The Morgan fingerprint density at radius 3 is 2.32 bits per heavy atom. The van der Waals surface area contributed by atoms with Crippen molar-refractivity contribution in [1.82, 2.24) is 0 Å². The number of benzene rings is 1. The third-order valence-electron chi connectivity index (χ3n) is 10.4. The van der Waals surface area contributed by atoms with E-state index in [4.69, 9.17) is 18.4 Å². The minimum absolute atomic E-state index is 0.00146. The minimum Gasteiger partial charge on any atom is -0.455 e. The van der Waals surface area contributed by atoms with E-state index >= 15 is 0 Å². The van der Waals surface area contributed by atoms with Gasteiger partial charge in [0, 0.05) is 36.9 Å². The highest BCUT2D eigenvalue weighted by Crippen LogP contribution is 2.65. The lowest BCUT2D eigenvalue weighted by Crippen LogP contribution is -2.82. The third-order valence-corrected chi connectivity index (χ3v) is 10.8. The van der Waals surface area contributed by atoms with Crippen molar-refractivity contribution in [3.05, 3.63) is 47.0 Å². The highest BCUT2D eigenvalue weighted by atomic mass is 32.2. The van der Waals surface area contributed by atoms with Gasteiger partial charge in [0.05, 0.1) is 36.4 Å². The summed E-state index contributed by atoms with van der Waals surface area (Å²) in [5.41, 5.74) is -5.03. The van der Waals surface area contributed by atoms with Gasteiger partial charge in [-0.2, -0.15) is 0 Å². The molecule has 1 aromatic carbocycles. The highest BCUT2D eigenvalue weighted by molar-refractivity contribution is 7.93. The van der Waals surface area contributed by atoms with Gasteiger partial charge in [-0.1, -0.05) is 39.0 Å². The summed E-state index contributed by atoms with van der Waals surface area (Å²) in [6.45, 7) is 7.98. The predicted molar refractivity (Wildman–Crippen MR) is 149 cm³/mol. The maximum atomic E-state index is 13.7. The van der Waals surface area contributed by atoms with E-state index in [1.807, 2.05) is 0 Å². The van der Waals surface area contributed by atoms with E-state index in [0.29, 0.717) is 11.1 Å². The molecule has 0 amide bonds. The molecule has 41 heavy (non-hydrogen) atoms. The van der Waals surface area contributed by atoms with Crippen molar-refractivity contribution in [2.24, 2.45) is 16.7 Å². The van der Waals surface area contributed by atoms with Gasteiger partial charge in [-0.25, -0.2) is 4.79 Å². The Morgan fingerprint density at radius 1 is 1.10 bits per heavy atom. The maximum absolute atomic E-state index is 13.7. The molecule has 4 aliphatic rings. The van der Waals surface area contributed by atoms with Gasteiger partial charge in [0.25, 0.3) is 0 Å². The van der Waals surface area contributed by atoms with Crippen molar-refractivity contribution < 1.29 is 48.4 Å². The maximum Gasteiger partial charge on any atom is 0.338 e. The minimum atomic E-state index is -1.91. The Kier molecular flexibility index (Phi) is 7.67. The number of carbonyl (C=O) groups is 2. The normalized spacial score (nSPS) is 43.0. The van der Waals surface area contributed by atoms with Crippen molar-refractivity contribution in [2.75, 3.05) is 12.9 Å². The van der Waals surface area contributed by atoms with E-state index in [-0.39, 0.29) is 25.0 Å². The summed E-state index contributed by atoms with van der Waals surface area (Å²) in [7, 11) is 0. The Labute approximate surface area is 244 Å². The first-order chi connectivity index (χ1) is 19.2. The number of aliphatic hydroxyl groups is 4. The topological polar surface area (TPSA) is 152 Å². The molecule has 11 heteroatoms. The van der Waals surface area contributed by atoms with Crippen LogP contribution in [0.15, 0.2) is 41.5 Å². The molecule has 5 rings (SSSR count). The van der Waals surface area contributed by atoms with Crippen molar-refractivity contribution in [3.63, 3.8) is 0 Å². The lowest BCUT2D eigenvalue weighted by Gasteiger charge is -2.69. The molecule has 0 spiro atoms. The average molecular weight is 593 g/mol. The van der Waals surface area contributed by atoms with Gasteiger partial charge in [0.1, 0.15) is 23.9 Å². The molecule has 226 valence electrons. The molecule has 2 bridgehead atoms. The molecule has 4 N–H and O–H groups in total. The van der Waals surface area contributed by atoms with Crippen LogP contribution in [-0.2, 0) is 23.2 Å². The summed E-state index contributed by atoms with van der Waals surface area (Å²) < 4.78 is 24.0. The summed E-state index contributed by atoms with van der Waals surface area (Å²) in [6.07, 6.45) is -5.61. The molecule has 10 atom stereocenters.